The van der Waals surface area contributed by atoms with E-state index in [1.165, 1.54) is 19.3 Å². The van der Waals surface area contributed by atoms with Gasteiger partial charge in [0.2, 0.25) is 0 Å². The molecule has 1 aliphatic rings. The fourth-order valence-corrected chi connectivity index (χ4v) is 3.87. The van der Waals surface area contributed by atoms with Crippen molar-refractivity contribution in [3.05, 3.63) is 63.6 Å². The fourth-order valence-electron chi connectivity index (χ4n) is 3.27. The van der Waals surface area contributed by atoms with Gasteiger partial charge in [0.25, 0.3) is 0 Å². The largest absolute Gasteiger partial charge is 0.422 e. The topological polar surface area (TPSA) is 62.7 Å². The van der Waals surface area contributed by atoms with E-state index in [0.29, 0.717) is 28.0 Å². The zero-order valence-corrected chi connectivity index (χ0v) is 18.7. The highest BCUT2D eigenvalue weighted by Gasteiger charge is 2.14. The Balaban J connectivity index is 1.64. The molecule has 0 aromatic heterocycles. The lowest BCUT2D eigenvalue weighted by atomic mass is 9.96. The molecule has 2 N–H and O–H groups in total. The Kier molecular flexibility index (Phi) is 7.77. The van der Waals surface area contributed by atoms with Crippen molar-refractivity contribution in [1.29, 1.82) is 0 Å². The molecule has 0 aliphatic heterocycles. The van der Waals surface area contributed by atoms with Crippen LogP contribution in [0.3, 0.4) is 0 Å². The van der Waals surface area contributed by atoms with E-state index in [4.69, 9.17) is 17.0 Å². The Labute approximate surface area is 185 Å². The summed E-state index contributed by atoms with van der Waals surface area (Å²) in [5, 5.41) is 8.02. The minimum atomic E-state index is -0.409. The second-order valence-electron chi connectivity index (χ2n) is 7.12. The highest BCUT2D eigenvalue weighted by Crippen LogP contribution is 2.23. The molecule has 7 heteroatoms. The quantitative estimate of drug-likeness (QED) is 0.207. The predicted molar refractivity (Wildman–Crippen MR) is 124 cm³/mol. The Bertz CT molecular complexity index is 911. The summed E-state index contributed by atoms with van der Waals surface area (Å²) < 4.78 is 6.45. The number of hydrogen-bond acceptors (Lipinski definition) is 4. The van der Waals surface area contributed by atoms with E-state index in [0.717, 1.165) is 22.9 Å². The molecule has 2 aromatic rings. The van der Waals surface area contributed by atoms with Crippen molar-refractivity contribution in [1.82, 2.24) is 10.7 Å². The summed E-state index contributed by atoms with van der Waals surface area (Å²) in [6.45, 7) is 1.93. The first-order valence-electron chi connectivity index (χ1n) is 9.69. The van der Waals surface area contributed by atoms with Crippen molar-refractivity contribution in [3.63, 3.8) is 0 Å². The van der Waals surface area contributed by atoms with E-state index >= 15 is 0 Å². The summed E-state index contributed by atoms with van der Waals surface area (Å²) in [6, 6.07) is 13.1. The van der Waals surface area contributed by atoms with Crippen molar-refractivity contribution in [3.8, 4) is 5.75 Å². The van der Waals surface area contributed by atoms with Crippen LogP contribution in [0.4, 0.5) is 0 Å². The van der Waals surface area contributed by atoms with Gasteiger partial charge in [-0.15, -0.1) is 0 Å². The van der Waals surface area contributed by atoms with Crippen LogP contribution in [0.25, 0.3) is 0 Å². The van der Waals surface area contributed by atoms with Gasteiger partial charge in [0.05, 0.1) is 11.8 Å². The lowest BCUT2D eigenvalue weighted by Crippen LogP contribution is -2.40. The number of esters is 1. The van der Waals surface area contributed by atoms with Gasteiger partial charge in [0.1, 0.15) is 5.75 Å². The number of hydrazone groups is 1. The molecule has 0 bridgehead atoms. The summed E-state index contributed by atoms with van der Waals surface area (Å²) in [7, 11) is 0. The molecular formula is C22H24BrN3O2S. The molecule has 0 saturated heterocycles. The summed E-state index contributed by atoms with van der Waals surface area (Å²) >= 11 is 8.77. The van der Waals surface area contributed by atoms with Gasteiger partial charge < -0.3 is 10.1 Å². The number of benzene rings is 2. The molecular weight excluding hydrogens is 450 g/mol. The van der Waals surface area contributed by atoms with Crippen LogP contribution in [0.15, 0.2) is 52.0 Å². The number of carbonyl (C=O) groups excluding carboxylic acids is 1. The number of thiocarbonyl (C=S) groups is 1. The predicted octanol–water partition coefficient (Wildman–Crippen LogP) is 5.11. The van der Waals surface area contributed by atoms with Crippen LogP contribution < -0.4 is 15.5 Å². The number of hydrogen-bond donors (Lipinski definition) is 2. The number of aryl methyl sites for hydroxylation is 1. The first kappa shape index (κ1) is 21.5. The minimum absolute atomic E-state index is 0.409. The maximum Gasteiger partial charge on any atom is 0.343 e. The second kappa shape index (κ2) is 10.5. The van der Waals surface area contributed by atoms with Crippen LogP contribution in [0.1, 0.15) is 53.6 Å². The van der Waals surface area contributed by atoms with Crippen molar-refractivity contribution in [2.75, 3.05) is 0 Å². The molecule has 0 heterocycles. The number of carbonyl (C=O) groups is 1. The Morgan fingerprint density at radius 1 is 1.21 bits per heavy atom. The summed E-state index contributed by atoms with van der Waals surface area (Å²) in [6.07, 6.45) is 7.63. The van der Waals surface area contributed by atoms with Gasteiger partial charge in [-0.1, -0.05) is 52.9 Å². The van der Waals surface area contributed by atoms with Crippen LogP contribution >= 0.6 is 28.1 Å². The molecule has 0 atom stereocenters. The first-order valence-corrected chi connectivity index (χ1v) is 10.9. The molecule has 1 saturated carbocycles. The van der Waals surface area contributed by atoms with Gasteiger partial charge >= 0.3 is 5.97 Å². The van der Waals surface area contributed by atoms with E-state index in [2.05, 4.69) is 31.8 Å². The first-order chi connectivity index (χ1) is 14.0. The SMILES string of the molecule is Cc1cccc(C(=O)Oc2ccc(Br)cc2/C=N/NC(=S)NC2CCCCC2)c1. The van der Waals surface area contributed by atoms with Crippen molar-refractivity contribution in [2.45, 2.75) is 45.1 Å². The third kappa shape index (κ3) is 6.65. The van der Waals surface area contributed by atoms with Gasteiger partial charge in [-0.2, -0.15) is 5.10 Å². The highest BCUT2D eigenvalue weighted by atomic mass is 79.9. The van der Waals surface area contributed by atoms with E-state index in [-0.39, 0.29) is 0 Å². The standard InChI is InChI=1S/C22H24BrN3O2S/c1-15-6-5-7-16(12-15)21(27)28-20-11-10-18(23)13-17(20)14-24-26-22(29)25-19-8-3-2-4-9-19/h5-7,10-14,19H,2-4,8-9H2,1H3,(H2,25,26,29)/b24-14+. The maximum atomic E-state index is 12.5. The van der Waals surface area contributed by atoms with Crippen LogP contribution in [-0.4, -0.2) is 23.3 Å². The summed E-state index contributed by atoms with van der Waals surface area (Å²) in [5.74, 6) is 0.0181. The number of nitrogens with one attached hydrogen (secondary N) is 2. The molecule has 0 unspecified atom stereocenters. The molecule has 0 radical (unpaired) electrons. The zero-order chi connectivity index (χ0) is 20.6. The molecule has 1 fully saturated rings. The van der Waals surface area contributed by atoms with Crippen LogP contribution in [0.5, 0.6) is 5.75 Å². The van der Waals surface area contributed by atoms with Crippen molar-refractivity contribution in [2.24, 2.45) is 5.10 Å². The summed E-state index contributed by atoms with van der Waals surface area (Å²) in [4.78, 5) is 12.5. The van der Waals surface area contributed by atoms with Crippen LogP contribution in [-0.2, 0) is 0 Å². The number of rotatable bonds is 5. The van der Waals surface area contributed by atoms with Crippen LogP contribution in [0, 0.1) is 6.92 Å². The van der Waals surface area contributed by atoms with E-state index in [1.54, 1.807) is 24.4 Å². The van der Waals surface area contributed by atoms with Crippen molar-refractivity contribution < 1.29 is 9.53 Å². The molecule has 152 valence electrons. The lowest BCUT2D eigenvalue weighted by Gasteiger charge is -2.23. The highest BCUT2D eigenvalue weighted by molar-refractivity contribution is 9.10. The molecule has 0 amide bonds. The average molecular weight is 474 g/mol. The van der Waals surface area contributed by atoms with E-state index in [1.807, 2.05) is 31.2 Å². The third-order valence-electron chi connectivity index (χ3n) is 4.74. The molecule has 29 heavy (non-hydrogen) atoms. The second-order valence-corrected chi connectivity index (χ2v) is 8.44. The van der Waals surface area contributed by atoms with Gasteiger partial charge in [0.15, 0.2) is 5.11 Å². The number of ether oxygens (including phenoxy) is 1. The maximum absolute atomic E-state index is 12.5. The van der Waals surface area contributed by atoms with Gasteiger partial charge in [-0.05, 0) is 62.3 Å². The molecule has 1 aliphatic carbocycles. The number of nitrogens with zero attached hydrogens (tertiary/aromatic N) is 1. The van der Waals surface area contributed by atoms with E-state index in [9.17, 15) is 4.79 Å². The Morgan fingerprint density at radius 3 is 2.76 bits per heavy atom. The number of halogens is 1. The minimum Gasteiger partial charge on any atom is -0.422 e. The molecule has 0 spiro atoms. The van der Waals surface area contributed by atoms with Crippen LogP contribution in [0.2, 0.25) is 0 Å². The average Bonchev–Trinajstić information content (AvgIpc) is 2.70. The molecule has 2 aromatic carbocycles. The van der Waals surface area contributed by atoms with E-state index < -0.39 is 5.97 Å². The fraction of sp³-hybridized carbons (Fsp3) is 0.318. The van der Waals surface area contributed by atoms with Gasteiger partial charge in [0, 0.05) is 16.1 Å². The normalized spacial score (nSPS) is 14.6. The zero-order valence-electron chi connectivity index (χ0n) is 16.3. The summed E-state index contributed by atoms with van der Waals surface area (Å²) in [5.41, 5.74) is 5.02. The third-order valence-corrected chi connectivity index (χ3v) is 5.44. The van der Waals surface area contributed by atoms with Gasteiger partial charge in [-0.25, -0.2) is 4.79 Å². The molecule has 5 nitrogen and oxygen atoms in total. The molecule has 3 rings (SSSR count). The monoisotopic (exact) mass is 473 g/mol. The van der Waals surface area contributed by atoms with Gasteiger partial charge in [-0.3, -0.25) is 5.43 Å². The lowest BCUT2D eigenvalue weighted by molar-refractivity contribution is 0.0734. The smallest absolute Gasteiger partial charge is 0.343 e. The Hall–Kier alpha value is -2.25. The van der Waals surface area contributed by atoms with Crippen molar-refractivity contribution >= 4 is 45.4 Å². The Morgan fingerprint density at radius 2 is 2.00 bits per heavy atom.